The Labute approximate surface area is 112 Å². The van der Waals surface area contributed by atoms with Crippen LogP contribution >= 0.6 is 0 Å². The fraction of sp³-hybridized carbons (Fsp3) is 0.538. The van der Waals surface area contributed by atoms with E-state index in [4.69, 9.17) is 15.6 Å². The van der Waals surface area contributed by atoms with Gasteiger partial charge in [0.15, 0.2) is 0 Å². The first-order chi connectivity index (χ1) is 9.11. The van der Waals surface area contributed by atoms with Gasteiger partial charge in [-0.15, -0.1) is 0 Å². The van der Waals surface area contributed by atoms with Crippen LogP contribution in [0.25, 0.3) is 0 Å². The van der Waals surface area contributed by atoms with Crippen molar-refractivity contribution in [2.45, 2.75) is 12.8 Å². The van der Waals surface area contributed by atoms with Gasteiger partial charge >= 0.3 is 5.97 Å². The van der Waals surface area contributed by atoms with E-state index in [9.17, 15) is 4.79 Å². The van der Waals surface area contributed by atoms with Gasteiger partial charge in [-0.1, -0.05) is 0 Å². The van der Waals surface area contributed by atoms with Crippen LogP contribution in [0.5, 0.6) is 0 Å². The molecule has 1 aliphatic heterocycles. The van der Waals surface area contributed by atoms with Gasteiger partial charge in [-0.25, -0.2) is 9.78 Å². The van der Waals surface area contributed by atoms with Crippen LogP contribution in [0, 0.1) is 5.92 Å². The van der Waals surface area contributed by atoms with Gasteiger partial charge in [0.05, 0.1) is 24.1 Å². The summed E-state index contributed by atoms with van der Waals surface area (Å²) in [6.07, 6.45) is 3.60. The molecule has 1 aromatic heterocycles. The number of ether oxygens (including phenoxy) is 1. The zero-order chi connectivity index (χ0) is 13.8. The molecule has 0 aliphatic carbocycles. The van der Waals surface area contributed by atoms with Crippen molar-refractivity contribution in [3.63, 3.8) is 0 Å². The fourth-order valence-corrected chi connectivity index (χ4v) is 2.46. The van der Waals surface area contributed by atoms with Gasteiger partial charge in [-0.3, -0.25) is 0 Å². The summed E-state index contributed by atoms with van der Waals surface area (Å²) in [5.74, 6) is 0.116. The van der Waals surface area contributed by atoms with Crippen molar-refractivity contribution in [1.82, 2.24) is 4.98 Å². The zero-order valence-corrected chi connectivity index (χ0v) is 11.0. The monoisotopic (exact) mass is 265 g/mol. The first kappa shape index (κ1) is 13.6. The van der Waals surface area contributed by atoms with Crippen LogP contribution < -0.4 is 10.6 Å². The molecule has 1 aliphatic rings. The molecule has 0 spiro atoms. The second kappa shape index (κ2) is 5.88. The van der Waals surface area contributed by atoms with Crippen LogP contribution in [-0.2, 0) is 4.74 Å². The Morgan fingerprint density at radius 1 is 1.68 bits per heavy atom. The van der Waals surface area contributed by atoms with Crippen molar-refractivity contribution >= 4 is 17.5 Å². The molecular weight excluding hydrogens is 246 g/mol. The molecule has 0 saturated carbocycles. The molecule has 1 atom stereocenters. The van der Waals surface area contributed by atoms with Crippen LogP contribution in [-0.4, -0.2) is 42.9 Å². The quantitative estimate of drug-likeness (QED) is 0.851. The van der Waals surface area contributed by atoms with E-state index in [0.717, 1.165) is 32.5 Å². The molecule has 0 aromatic carbocycles. The van der Waals surface area contributed by atoms with E-state index in [1.165, 1.54) is 6.20 Å². The molecule has 6 heteroatoms. The summed E-state index contributed by atoms with van der Waals surface area (Å²) in [7, 11) is 1.70. The van der Waals surface area contributed by atoms with Crippen LogP contribution in [0.15, 0.2) is 12.3 Å². The lowest BCUT2D eigenvalue weighted by atomic mass is 9.99. The SMILES string of the molecule is COCC1CCCN(c2cc(C(=O)O)c(N)cn2)C1. The van der Waals surface area contributed by atoms with E-state index >= 15 is 0 Å². The Hall–Kier alpha value is -1.82. The molecule has 3 N–H and O–H groups in total. The summed E-state index contributed by atoms with van der Waals surface area (Å²) in [5.41, 5.74) is 5.92. The molecule has 1 saturated heterocycles. The molecule has 1 unspecified atom stereocenters. The van der Waals surface area contributed by atoms with E-state index < -0.39 is 5.97 Å². The summed E-state index contributed by atoms with van der Waals surface area (Å²) >= 11 is 0. The molecule has 2 heterocycles. The first-order valence-electron chi connectivity index (χ1n) is 6.34. The lowest BCUT2D eigenvalue weighted by Crippen LogP contribution is -2.37. The first-order valence-corrected chi connectivity index (χ1v) is 6.34. The topological polar surface area (TPSA) is 88.7 Å². The van der Waals surface area contributed by atoms with Gasteiger partial charge in [0.2, 0.25) is 0 Å². The number of aromatic nitrogens is 1. The molecule has 0 amide bonds. The predicted molar refractivity (Wildman–Crippen MR) is 72.4 cm³/mol. The average Bonchev–Trinajstić information content (AvgIpc) is 2.39. The number of anilines is 2. The third kappa shape index (κ3) is 3.14. The summed E-state index contributed by atoms with van der Waals surface area (Å²) in [6.45, 7) is 2.44. The summed E-state index contributed by atoms with van der Waals surface area (Å²) < 4.78 is 5.19. The van der Waals surface area contributed by atoms with Gasteiger partial charge in [0.1, 0.15) is 5.82 Å². The van der Waals surface area contributed by atoms with Crippen molar-refractivity contribution < 1.29 is 14.6 Å². The highest BCUT2D eigenvalue weighted by atomic mass is 16.5. The molecule has 0 radical (unpaired) electrons. The fourth-order valence-electron chi connectivity index (χ4n) is 2.46. The van der Waals surface area contributed by atoms with Crippen molar-refractivity contribution in [3.05, 3.63) is 17.8 Å². The Morgan fingerprint density at radius 2 is 2.47 bits per heavy atom. The number of hydrogen-bond acceptors (Lipinski definition) is 5. The Bertz CT molecular complexity index is 462. The highest BCUT2D eigenvalue weighted by Gasteiger charge is 2.22. The number of carboxylic acid groups (broad SMARTS) is 1. The van der Waals surface area contributed by atoms with Crippen molar-refractivity contribution in [3.8, 4) is 0 Å². The van der Waals surface area contributed by atoms with E-state index in [1.807, 2.05) is 0 Å². The molecule has 1 aromatic rings. The van der Waals surface area contributed by atoms with Gasteiger partial charge < -0.3 is 20.5 Å². The number of nitrogens with zero attached hydrogens (tertiary/aromatic N) is 2. The highest BCUT2D eigenvalue weighted by Crippen LogP contribution is 2.24. The predicted octanol–water partition coefficient (Wildman–Crippen LogP) is 1.22. The Balaban J connectivity index is 2.17. The lowest BCUT2D eigenvalue weighted by molar-refractivity contribution is 0.0698. The molecule has 104 valence electrons. The minimum Gasteiger partial charge on any atom is -0.478 e. The summed E-state index contributed by atoms with van der Waals surface area (Å²) in [4.78, 5) is 17.4. The number of carboxylic acids is 1. The minimum atomic E-state index is -1.02. The largest absolute Gasteiger partial charge is 0.478 e. The Kier molecular flexibility index (Phi) is 4.21. The van der Waals surface area contributed by atoms with E-state index in [-0.39, 0.29) is 11.3 Å². The summed E-state index contributed by atoms with van der Waals surface area (Å²) in [6, 6.07) is 1.55. The van der Waals surface area contributed by atoms with Crippen molar-refractivity contribution in [2.24, 2.45) is 5.92 Å². The minimum absolute atomic E-state index is 0.110. The van der Waals surface area contributed by atoms with Gasteiger partial charge in [-0.2, -0.15) is 0 Å². The number of aromatic carboxylic acids is 1. The zero-order valence-electron chi connectivity index (χ0n) is 11.0. The van der Waals surface area contributed by atoms with Crippen LogP contribution in [0.4, 0.5) is 11.5 Å². The number of rotatable bonds is 4. The molecule has 6 nitrogen and oxygen atoms in total. The van der Waals surface area contributed by atoms with Crippen molar-refractivity contribution in [2.75, 3.05) is 37.4 Å². The molecule has 0 bridgehead atoms. The number of pyridine rings is 1. The number of piperidine rings is 1. The van der Waals surface area contributed by atoms with Gasteiger partial charge in [-0.05, 0) is 24.8 Å². The molecule has 1 fully saturated rings. The van der Waals surface area contributed by atoms with Crippen LogP contribution in [0.2, 0.25) is 0 Å². The third-order valence-corrected chi connectivity index (χ3v) is 3.40. The number of nitrogen functional groups attached to an aromatic ring is 1. The highest BCUT2D eigenvalue weighted by molar-refractivity contribution is 5.94. The third-order valence-electron chi connectivity index (χ3n) is 3.40. The maximum atomic E-state index is 11.1. The average molecular weight is 265 g/mol. The number of methoxy groups -OCH3 is 1. The van der Waals surface area contributed by atoms with E-state index in [1.54, 1.807) is 13.2 Å². The van der Waals surface area contributed by atoms with Crippen LogP contribution in [0.3, 0.4) is 0 Å². The van der Waals surface area contributed by atoms with Gasteiger partial charge in [0, 0.05) is 20.2 Å². The lowest BCUT2D eigenvalue weighted by Gasteiger charge is -2.33. The molecule has 2 rings (SSSR count). The Morgan fingerprint density at radius 3 is 3.16 bits per heavy atom. The number of nitrogens with two attached hydrogens (primary N) is 1. The molecule has 19 heavy (non-hydrogen) atoms. The second-order valence-electron chi connectivity index (χ2n) is 4.84. The van der Waals surface area contributed by atoms with Crippen molar-refractivity contribution in [1.29, 1.82) is 0 Å². The maximum absolute atomic E-state index is 11.1. The number of hydrogen-bond donors (Lipinski definition) is 2. The summed E-state index contributed by atoms with van der Waals surface area (Å²) in [5, 5.41) is 9.08. The van der Waals surface area contributed by atoms with Crippen LogP contribution in [0.1, 0.15) is 23.2 Å². The van der Waals surface area contributed by atoms with E-state index in [0.29, 0.717) is 11.7 Å². The smallest absolute Gasteiger partial charge is 0.337 e. The van der Waals surface area contributed by atoms with Gasteiger partial charge in [0.25, 0.3) is 0 Å². The standard InChI is InChI=1S/C13H19N3O3/c1-19-8-9-3-2-4-16(7-9)12-5-10(13(17)18)11(14)6-15-12/h5-6,9H,2-4,7-8,14H2,1H3,(H,17,18). The normalized spacial score (nSPS) is 19.4. The number of carbonyl (C=O) groups is 1. The second-order valence-corrected chi connectivity index (χ2v) is 4.84. The maximum Gasteiger partial charge on any atom is 0.337 e. The van der Waals surface area contributed by atoms with E-state index in [2.05, 4.69) is 9.88 Å². The molecular formula is C13H19N3O3.